The van der Waals surface area contributed by atoms with Gasteiger partial charge in [0.1, 0.15) is 5.75 Å². The van der Waals surface area contributed by atoms with Crippen LogP contribution in [0, 0.1) is 11.3 Å². The fourth-order valence-corrected chi connectivity index (χ4v) is 2.23. The Morgan fingerprint density at radius 1 is 1.38 bits per heavy atom. The minimum Gasteiger partial charge on any atom is -0.496 e. The summed E-state index contributed by atoms with van der Waals surface area (Å²) in [6.07, 6.45) is 1.56. The molecule has 0 aliphatic rings. The predicted octanol–water partition coefficient (Wildman–Crippen LogP) is 2.59. The van der Waals surface area contributed by atoms with Gasteiger partial charge in [0.2, 0.25) is 0 Å². The number of ether oxygens (including phenoxy) is 2. The van der Waals surface area contributed by atoms with E-state index >= 15 is 0 Å². The number of hydrogen-bond acceptors (Lipinski definition) is 5. The number of carbonyl (C=O) groups is 1. The molecule has 0 saturated heterocycles. The molecule has 0 aliphatic heterocycles. The molecule has 5 nitrogen and oxygen atoms in total. The summed E-state index contributed by atoms with van der Waals surface area (Å²) in [6.45, 7) is 3.44. The molecule has 0 spiro atoms. The third-order valence-corrected chi connectivity index (χ3v) is 3.37. The molecule has 1 atom stereocenters. The van der Waals surface area contributed by atoms with E-state index < -0.39 is 11.4 Å². The molecule has 2 rings (SSSR count). The first-order valence-electron chi connectivity index (χ1n) is 6.59. The van der Waals surface area contributed by atoms with Crippen LogP contribution in [-0.2, 0) is 14.9 Å². The molecule has 21 heavy (non-hydrogen) atoms. The van der Waals surface area contributed by atoms with E-state index in [1.54, 1.807) is 32.4 Å². The number of fused-ring (bicyclic) bond motifs is 1. The van der Waals surface area contributed by atoms with Crippen LogP contribution in [0.2, 0.25) is 0 Å². The van der Waals surface area contributed by atoms with Crippen LogP contribution >= 0.6 is 0 Å². The van der Waals surface area contributed by atoms with Gasteiger partial charge in [0, 0.05) is 17.0 Å². The van der Waals surface area contributed by atoms with Gasteiger partial charge >= 0.3 is 5.97 Å². The molecule has 5 heteroatoms. The number of esters is 1. The normalized spacial score (nSPS) is 13.2. The van der Waals surface area contributed by atoms with Gasteiger partial charge in [-0.25, -0.2) is 4.79 Å². The minimum absolute atomic E-state index is 0.212. The smallest absolute Gasteiger partial charge is 0.332 e. The van der Waals surface area contributed by atoms with E-state index in [0.29, 0.717) is 16.8 Å². The highest BCUT2D eigenvalue weighted by molar-refractivity contribution is 5.96. The Kier molecular flexibility index (Phi) is 4.08. The molecule has 0 saturated carbocycles. The Bertz CT molecular complexity index is 721. The molecule has 1 aromatic carbocycles. The number of benzene rings is 1. The van der Waals surface area contributed by atoms with Crippen molar-refractivity contribution in [3.63, 3.8) is 0 Å². The van der Waals surface area contributed by atoms with Gasteiger partial charge in [0.25, 0.3) is 0 Å². The number of hydrogen-bond donors (Lipinski definition) is 0. The highest BCUT2D eigenvalue weighted by Gasteiger charge is 2.40. The van der Waals surface area contributed by atoms with Gasteiger partial charge in [-0.05, 0) is 26.0 Å². The van der Waals surface area contributed by atoms with Gasteiger partial charge in [-0.15, -0.1) is 0 Å². The van der Waals surface area contributed by atoms with Crippen LogP contribution in [0.4, 0.5) is 0 Å². The molecule has 0 amide bonds. The molecule has 0 N–H and O–H groups in total. The number of nitriles is 1. The first-order chi connectivity index (χ1) is 10.1. The number of rotatable bonds is 4. The highest BCUT2D eigenvalue weighted by atomic mass is 16.5. The van der Waals surface area contributed by atoms with Crippen LogP contribution in [0.3, 0.4) is 0 Å². The minimum atomic E-state index is -1.46. The molecular formula is C16H16N2O3. The number of methoxy groups -OCH3 is 1. The largest absolute Gasteiger partial charge is 0.496 e. The topological polar surface area (TPSA) is 72.2 Å². The monoisotopic (exact) mass is 284 g/mol. The summed E-state index contributed by atoms with van der Waals surface area (Å²) in [6, 6.07) is 9.26. The Balaban J connectivity index is 2.71. The van der Waals surface area contributed by atoms with Crippen molar-refractivity contribution in [2.75, 3.05) is 13.7 Å². The molecule has 1 unspecified atom stereocenters. The fourth-order valence-electron chi connectivity index (χ4n) is 2.23. The lowest BCUT2D eigenvalue weighted by Crippen LogP contribution is -2.34. The maximum absolute atomic E-state index is 12.2. The van der Waals surface area contributed by atoms with Crippen molar-refractivity contribution in [2.45, 2.75) is 19.3 Å². The van der Waals surface area contributed by atoms with E-state index in [0.717, 1.165) is 5.39 Å². The third-order valence-electron chi connectivity index (χ3n) is 3.37. The van der Waals surface area contributed by atoms with Crippen LogP contribution in [0.25, 0.3) is 10.8 Å². The van der Waals surface area contributed by atoms with E-state index in [1.807, 2.05) is 18.2 Å². The molecule has 0 aliphatic carbocycles. The second-order valence-corrected chi connectivity index (χ2v) is 4.67. The lowest BCUT2D eigenvalue weighted by molar-refractivity contribution is -0.147. The average Bonchev–Trinajstić information content (AvgIpc) is 2.53. The molecule has 2 aromatic rings. The van der Waals surface area contributed by atoms with Crippen molar-refractivity contribution < 1.29 is 14.3 Å². The maximum atomic E-state index is 12.2. The standard InChI is InChI=1S/C16H16N2O3/c1-4-21-15(19)16(2,10-17)14-12-6-5-7-13(20-3)11(12)8-9-18-14/h5-9H,4H2,1-3H3. The van der Waals surface area contributed by atoms with Gasteiger partial charge in [0.05, 0.1) is 25.5 Å². The van der Waals surface area contributed by atoms with Gasteiger partial charge in [-0.2, -0.15) is 5.26 Å². The van der Waals surface area contributed by atoms with Crippen LogP contribution in [0.5, 0.6) is 5.75 Å². The number of nitrogens with zero attached hydrogens (tertiary/aromatic N) is 2. The molecule has 1 heterocycles. The second-order valence-electron chi connectivity index (χ2n) is 4.67. The molecule has 0 bridgehead atoms. The van der Waals surface area contributed by atoms with Gasteiger partial charge in [0.15, 0.2) is 5.41 Å². The van der Waals surface area contributed by atoms with Crippen LogP contribution in [0.15, 0.2) is 30.5 Å². The first-order valence-corrected chi connectivity index (χ1v) is 6.59. The first kappa shape index (κ1) is 14.8. The highest BCUT2D eigenvalue weighted by Crippen LogP contribution is 2.33. The molecular weight excluding hydrogens is 268 g/mol. The van der Waals surface area contributed by atoms with Gasteiger partial charge in [-0.3, -0.25) is 4.98 Å². The van der Waals surface area contributed by atoms with Crippen molar-refractivity contribution in [3.8, 4) is 11.8 Å². The molecule has 108 valence electrons. The molecule has 0 radical (unpaired) electrons. The second kappa shape index (κ2) is 5.80. The van der Waals surface area contributed by atoms with Crippen LogP contribution < -0.4 is 4.74 Å². The van der Waals surface area contributed by atoms with E-state index in [-0.39, 0.29) is 6.61 Å². The third kappa shape index (κ3) is 2.40. The van der Waals surface area contributed by atoms with Crippen molar-refractivity contribution >= 4 is 16.7 Å². The Morgan fingerprint density at radius 3 is 2.76 bits per heavy atom. The predicted molar refractivity (Wildman–Crippen MR) is 77.9 cm³/mol. The van der Waals surface area contributed by atoms with Crippen molar-refractivity contribution in [1.82, 2.24) is 4.98 Å². The molecule has 1 aromatic heterocycles. The summed E-state index contributed by atoms with van der Waals surface area (Å²) in [7, 11) is 1.57. The zero-order valence-electron chi connectivity index (χ0n) is 12.2. The summed E-state index contributed by atoms with van der Waals surface area (Å²) >= 11 is 0. The van der Waals surface area contributed by atoms with Crippen molar-refractivity contribution in [1.29, 1.82) is 5.26 Å². The maximum Gasteiger partial charge on any atom is 0.332 e. The summed E-state index contributed by atoms with van der Waals surface area (Å²) < 4.78 is 10.3. The van der Waals surface area contributed by atoms with Crippen LogP contribution in [0.1, 0.15) is 19.5 Å². The Morgan fingerprint density at radius 2 is 2.14 bits per heavy atom. The lowest BCUT2D eigenvalue weighted by atomic mass is 9.85. The summed E-state index contributed by atoms with van der Waals surface area (Å²) in [5.74, 6) is 0.0654. The molecule has 0 fully saturated rings. The zero-order chi connectivity index (χ0) is 15.5. The zero-order valence-corrected chi connectivity index (χ0v) is 12.2. The van der Waals surface area contributed by atoms with Crippen molar-refractivity contribution in [2.24, 2.45) is 0 Å². The van der Waals surface area contributed by atoms with E-state index in [4.69, 9.17) is 9.47 Å². The fraction of sp³-hybridized carbons (Fsp3) is 0.312. The Labute approximate surface area is 123 Å². The quantitative estimate of drug-likeness (QED) is 0.807. The van der Waals surface area contributed by atoms with E-state index in [2.05, 4.69) is 4.98 Å². The van der Waals surface area contributed by atoms with Crippen molar-refractivity contribution in [3.05, 3.63) is 36.2 Å². The number of pyridine rings is 1. The average molecular weight is 284 g/mol. The summed E-state index contributed by atoms with van der Waals surface area (Å²) in [4.78, 5) is 16.4. The van der Waals surface area contributed by atoms with Gasteiger partial charge in [-0.1, -0.05) is 12.1 Å². The van der Waals surface area contributed by atoms with E-state index in [9.17, 15) is 10.1 Å². The lowest BCUT2D eigenvalue weighted by Gasteiger charge is -2.20. The SMILES string of the molecule is CCOC(=O)C(C)(C#N)c1nccc2c(OC)cccc12. The summed E-state index contributed by atoms with van der Waals surface area (Å²) in [5.41, 5.74) is -1.08. The number of carbonyl (C=O) groups excluding carboxylic acids is 1. The Hall–Kier alpha value is -2.61. The van der Waals surface area contributed by atoms with E-state index in [1.165, 1.54) is 6.92 Å². The van der Waals surface area contributed by atoms with Gasteiger partial charge < -0.3 is 9.47 Å². The van der Waals surface area contributed by atoms with Crippen LogP contribution in [-0.4, -0.2) is 24.7 Å². The summed E-state index contributed by atoms with van der Waals surface area (Å²) in [5, 5.41) is 11.0. The number of aromatic nitrogens is 1.